The third kappa shape index (κ3) is 5.82. The third-order valence-electron chi connectivity index (χ3n) is 4.24. The molecule has 0 aliphatic heterocycles. The predicted molar refractivity (Wildman–Crippen MR) is 103 cm³/mol. The van der Waals surface area contributed by atoms with Crippen molar-refractivity contribution in [1.29, 1.82) is 0 Å². The maximum Gasteiger partial charge on any atom is 0.272 e. The predicted octanol–water partition coefficient (Wildman–Crippen LogP) is 2.32. The van der Waals surface area contributed by atoms with Gasteiger partial charge in [0.15, 0.2) is 6.61 Å². The van der Waals surface area contributed by atoms with Crippen molar-refractivity contribution in [3.8, 4) is 5.75 Å². The lowest BCUT2D eigenvalue weighted by Gasteiger charge is -2.19. The third-order valence-corrected chi connectivity index (χ3v) is 4.24. The van der Waals surface area contributed by atoms with E-state index in [1.807, 2.05) is 62.4 Å². The van der Waals surface area contributed by atoms with Gasteiger partial charge in [0.1, 0.15) is 11.8 Å². The van der Waals surface area contributed by atoms with E-state index in [-0.39, 0.29) is 24.5 Å². The molecule has 6 heteroatoms. The smallest absolute Gasteiger partial charge is 0.272 e. The maximum absolute atomic E-state index is 12.5. The SMILES string of the molecule is Cc1cc(C)cc(OCC(=O)NNC(C(=O)NC2CC2)c2ccccc2)c1. The molecule has 2 aromatic carbocycles. The van der Waals surface area contributed by atoms with Crippen LogP contribution in [0.5, 0.6) is 5.75 Å². The monoisotopic (exact) mass is 367 g/mol. The molecule has 2 amide bonds. The minimum Gasteiger partial charge on any atom is -0.484 e. The lowest BCUT2D eigenvalue weighted by atomic mass is 10.1. The van der Waals surface area contributed by atoms with Gasteiger partial charge in [0.2, 0.25) is 5.91 Å². The quantitative estimate of drug-likeness (QED) is 0.626. The van der Waals surface area contributed by atoms with Gasteiger partial charge in [0, 0.05) is 6.04 Å². The molecule has 1 fully saturated rings. The summed E-state index contributed by atoms with van der Waals surface area (Å²) in [4.78, 5) is 24.7. The summed E-state index contributed by atoms with van der Waals surface area (Å²) in [6.45, 7) is 3.82. The molecule has 3 N–H and O–H groups in total. The summed E-state index contributed by atoms with van der Waals surface area (Å²) in [6.07, 6.45) is 2.01. The molecule has 0 heterocycles. The highest BCUT2D eigenvalue weighted by atomic mass is 16.5. The van der Waals surface area contributed by atoms with Crippen molar-refractivity contribution in [2.45, 2.75) is 38.8 Å². The van der Waals surface area contributed by atoms with Crippen molar-refractivity contribution >= 4 is 11.8 Å². The van der Waals surface area contributed by atoms with Gasteiger partial charge in [-0.15, -0.1) is 0 Å². The first kappa shape index (κ1) is 18.9. The van der Waals surface area contributed by atoms with Gasteiger partial charge in [0.25, 0.3) is 5.91 Å². The fourth-order valence-corrected chi connectivity index (χ4v) is 2.81. The number of carbonyl (C=O) groups is 2. The first-order chi connectivity index (χ1) is 13.0. The van der Waals surface area contributed by atoms with Crippen LogP contribution in [0.2, 0.25) is 0 Å². The molecule has 0 spiro atoms. The van der Waals surface area contributed by atoms with Gasteiger partial charge >= 0.3 is 0 Å². The van der Waals surface area contributed by atoms with Crippen LogP contribution in [-0.2, 0) is 9.59 Å². The van der Waals surface area contributed by atoms with Gasteiger partial charge in [-0.05, 0) is 55.5 Å². The Morgan fingerprint density at radius 3 is 2.37 bits per heavy atom. The van der Waals surface area contributed by atoms with Gasteiger partial charge in [-0.1, -0.05) is 36.4 Å². The van der Waals surface area contributed by atoms with Crippen molar-refractivity contribution < 1.29 is 14.3 Å². The molecular formula is C21H25N3O3. The van der Waals surface area contributed by atoms with E-state index < -0.39 is 6.04 Å². The highest BCUT2D eigenvalue weighted by Crippen LogP contribution is 2.21. The average molecular weight is 367 g/mol. The Labute approximate surface area is 159 Å². The lowest BCUT2D eigenvalue weighted by molar-refractivity contribution is -0.126. The summed E-state index contributed by atoms with van der Waals surface area (Å²) in [5.74, 6) is 0.141. The zero-order valence-corrected chi connectivity index (χ0v) is 15.6. The summed E-state index contributed by atoms with van der Waals surface area (Å²) in [7, 11) is 0. The first-order valence-corrected chi connectivity index (χ1v) is 9.12. The molecule has 1 aliphatic rings. The molecule has 6 nitrogen and oxygen atoms in total. The zero-order chi connectivity index (χ0) is 19.2. The van der Waals surface area contributed by atoms with Crippen molar-refractivity contribution in [1.82, 2.24) is 16.2 Å². The molecule has 0 saturated heterocycles. The molecule has 0 radical (unpaired) electrons. The molecular weight excluding hydrogens is 342 g/mol. The van der Waals surface area contributed by atoms with Crippen molar-refractivity contribution in [2.24, 2.45) is 0 Å². The van der Waals surface area contributed by atoms with Crippen LogP contribution < -0.4 is 20.9 Å². The Hall–Kier alpha value is -2.86. The van der Waals surface area contributed by atoms with Crippen LogP contribution in [0.25, 0.3) is 0 Å². The Bertz CT molecular complexity index is 783. The zero-order valence-electron chi connectivity index (χ0n) is 15.6. The number of nitrogens with one attached hydrogen (secondary N) is 3. The van der Waals surface area contributed by atoms with Crippen molar-refractivity contribution in [2.75, 3.05) is 6.61 Å². The molecule has 1 unspecified atom stereocenters. The first-order valence-electron chi connectivity index (χ1n) is 9.12. The summed E-state index contributed by atoms with van der Waals surface area (Å²) in [5.41, 5.74) is 8.35. The largest absolute Gasteiger partial charge is 0.484 e. The minimum atomic E-state index is -0.656. The molecule has 0 bridgehead atoms. The topological polar surface area (TPSA) is 79.5 Å². The number of aryl methyl sites for hydroxylation is 2. The van der Waals surface area contributed by atoms with Gasteiger partial charge in [-0.25, -0.2) is 5.43 Å². The van der Waals surface area contributed by atoms with E-state index in [2.05, 4.69) is 16.2 Å². The van der Waals surface area contributed by atoms with E-state index in [1.165, 1.54) is 0 Å². The molecule has 1 atom stereocenters. The van der Waals surface area contributed by atoms with E-state index in [9.17, 15) is 9.59 Å². The van der Waals surface area contributed by atoms with Crippen LogP contribution >= 0.6 is 0 Å². The molecule has 1 saturated carbocycles. The number of benzene rings is 2. The molecule has 2 aromatic rings. The molecule has 27 heavy (non-hydrogen) atoms. The van der Waals surface area contributed by atoms with E-state index in [4.69, 9.17) is 4.74 Å². The normalized spacial score (nSPS) is 14.3. The van der Waals surface area contributed by atoms with Gasteiger partial charge in [-0.3, -0.25) is 15.0 Å². The van der Waals surface area contributed by atoms with Crippen LogP contribution in [-0.4, -0.2) is 24.5 Å². The van der Waals surface area contributed by atoms with Crippen LogP contribution in [0.3, 0.4) is 0 Å². The van der Waals surface area contributed by atoms with Crippen molar-refractivity contribution in [3.05, 3.63) is 65.2 Å². The number of hydrazine groups is 1. The van der Waals surface area contributed by atoms with Crippen LogP contribution in [0.1, 0.15) is 35.6 Å². The number of ether oxygens (including phenoxy) is 1. The minimum absolute atomic E-state index is 0.137. The highest BCUT2D eigenvalue weighted by molar-refractivity contribution is 5.84. The Morgan fingerprint density at radius 1 is 1.07 bits per heavy atom. The van der Waals surface area contributed by atoms with E-state index in [1.54, 1.807) is 0 Å². The fraction of sp³-hybridized carbons (Fsp3) is 0.333. The van der Waals surface area contributed by atoms with Gasteiger partial charge < -0.3 is 10.1 Å². The number of hydrogen-bond donors (Lipinski definition) is 3. The number of carbonyl (C=O) groups excluding carboxylic acids is 2. The second-order valence-electron chi connectivity index (χ2n) is 6.93. The van der Waals surface area contributed by atoms with E-state index in [0.717, 1.165) is 29.5 Å². The van der Waals surface area contributed by atoms with E-state index in [0.29, 0.717) is 5.75 Å². The van der Waals surface area contributed by atoms with Crippen LogP contribution in [0.4, 0.5) is 0 Å². The van der Waals surface area contributed by atoms with Gasteiger partial charge in [-0.2, -0.15) is 0 Å². The Morgan fingerprint density at radius 2 is 1.74 bits per heavy atom. The van der Waals surface area contributed by atoms with Crippen LogP contribution in [0, 0.1) is 13.8 Å². The van der Waals surface area contributed by atoms with E-state index >= 15 is 0 Å². The molecule has 0 aromatic heterocycles. The Kier molecular flexibility index (Phi) is 6.08. The molecule has 3 rings (SSSR count). The summed E-state index contributed by atoms with van der Waals surface area (Å²) in [6, 6.07) is 14.7. The second-order valence-corrected chi connectivity index (χ2v) is 6.93. The lowest BCUT2D eigenvalue weighted by Crippen LogP contribution is -2.48. The average Bonchev–Trinajstić information content (AvgIpc) is 3.44. The summed E-state index contributed by atoms with van der Waals surface area (Å²) in [5, 5.41) is 2.96. The fourth-order valence-electron chi connectivity index (χ4n) is 2.81. The summed E-state index contributed by atoms with van der Waals surface area (Å²) >= 11 is 0. The maximum atomic E-state index is 12.5. The Balaban J connectivity index is 1.55. The standard InChI is InChI=1S/C21H25N3O3/c1-14-10-15(2)12-18(11-14)27-13-19(25)23-24-20(16-6-4-3-5-7-16)21(26)22-17-8-9-17/h3-7,10-12,17,20,24H,8-9,13H2,1-2H3,(H,22,26)(H,23,25). The number of rotatable bonds is 8. The number of amides is 2. The molecule has 1 aliphatic carbocycles. The summed E-state index contributed by atoms with van der Waals surface area (Å²) < 4.78 is 5.55. The second kappa shape index (κ2) is 8.68. The number of hydrogen-bond acceptors (Lipinski definition) is 4. The van der Waals surface area contributed by atoms with Crippen LogP contribution in [0.15, 0.2) is 48.5 Å². The molecule has 142 valence electrons. The van der Waals surface area contributed by atoms with Gasteiger partial charge in [0.05, 0.1) is 0 Å². The highest BCUT2D eigenvalue weighted by Gasteiger charge is 2.28. The van der Waals surface area contributed by atoms with Crippen molar-refractivity contribution in [3.63, 3.8) is 0 Å².